The Labute approximate surface area is 191 Å². The van der Waals surface area contributed by atoms with E-state index in [-0.39, 0.29) is 17.4 Å². The van der Waals surface area contributed by atoms with E-state index in [1.54, 1.807) is 49.4 Å². The summed E-state index contributed by atoms with van der Waals surface area (Å²) >= 11 is 3.42. The topological polar surface area (TPSA) is 75.7 Å². The van der Waals surface area contributed by atoms with Crippen molar-refractivity contribution in [2.24, 2.45) is 0 Å². The van der Waals surface area contributed by atoms with Gasteiger partial charge in [-0.1, -0.05) is 34.1 Å². The minimum absolute atomic E-state index is 0.151. The number of ether oxygens (including phenoxy) is 1. The van der Waals surface area contributed by atoms with Gasteiger partial charge in [-0.2, -0.15) is 0 Å². The maximum atomic E-state index is 13.0. The van der Waals surface area contributed by atoms with Crippen molar-refractivity contribution in [1.29, 1.82) is 0 Å². The normalized spacial score (nSPS) is 11.1. The summed E-state index contributed by atoms with van der Waals surface area (Å²) < 4.78 is 33.9. The maximum Gasteiger partial charge on any atom is 0.264 e. The highest BCUT2D eigenvalue weighted by Gasteiger charge is 2.23. The van der Waals surface area contributed by atoms with Gasteiger partial charge in [0.25, 0.3) is 15.9 Å². The Morgan fingerprint density at radius 1 is 1.03 bits per heavy atom. The lowest BCUT2D eigenvalue weighted by Gasteiger charge is -2.23. The number of carbonyl (C=O) groups excluding carboxylic acids is 1. The molecule has 6 nitrogen and oxygen atoms in total. The molecule has 1 N–H and O–H groups in total. The Kier molecular flexibility index (Phi) is 7.35. The van der Waals surface area contributed by atoms with Crippen LogP contribution in [0.15, 0.2) is 82.2 Å². The van der Waals surface area contributed by atoms with Crippen molar-refractivity contribution >= 4 is 43.2 Å². The quantitative estimate of drug-likeness (QED) is 0.470. The van der Waals surface area contributed by atoms with Gasteiger partial charge in [0, 0.05) is 16.7 Å². The number of hydrogen-bond acceptors (Lipinski definition) is 4. The molecule has 162 valence electrons. The van der Waals surface area contributed by atoms with Gasteiger partial charge in [0.15, 0.2) is 6.61 Å². The zero-order valence-corrected chi connectivity index (χ0v) is 19.6. The van der Waals surface area contributed by atoms with E-state index < -0.39 is 10.0 Å². The van der Waals surface area contributed by atoms with E-state index in [0.717, 1.165) is 10.0 Å². The minimum atomic E-state index is -3.71. The SMILES string of the molecule is CCN(c1ccccc1)S(=O)(=O)c1ccc(NC(=O)COc2ccc(Br)c(C)c2)cc1. The highest BCUT2D eigenvalue weighted by Crippen LogP contribution is 2.24. The number of nitrogens with zero attached hydrogens (tertiary/aromatic N) is 1. The summed E-state index contributed by atoms with van der Waals surface area (Å²) in [5.41, 5.74) is 2.09. The Bertz CT molecular complexity index is 1150. The first-order valence-corrected chi connectivity index (χ1v) is 11.9. The Balaban J connectivity index is 1.65. The number of benzene rings is 3. The van der Waals surface area contributed by atoms with Crippen molar-refractivity contribution < 1.29 is 17.9 Å². The number of nitrogens with one attached hydrogen (secondary N) is 1. The summed E-state index contributed by atoms with van der Waals surface area (Å²) in [7, 11) is -3.71. The molecule has 0 fully saturated rings. The average Bonchev–Trinajstić information content (AvgIpc) is 2.76. The van der Waals surface area contributed by atoms with Crippen LogP contribution in [0.5, 0.6) is 5.75 Å². The fourth-order valence-corrected chi connectivity index (χ4v) is 4.70. The van der Waals surface area contributed by atoms with Crippen molar-refractivity contribution in [3.8, 4) is 5.75 Å². The highest BCUT2D eigenvalue weighted by molar-refractivity contribution is 9.10. The summed E-state index contributed by atoms with van der Waals surface area (Å²) in [5, 5.41) is 2.71. The number of sulfonamides is 1. The van der Waals surface area contributed by atoms with Crippen LogP contribution in [-0.4, -0.2) is 27.5 Å². The zero-order chi connectivity index (χ0) is 22.4. The molecule has 0 heterocycles. The molecule has 3 aromatic rings. The Morgan fingerprint density at radius 3 is 2.32 bits per heavy atom. The first-order chi connectivity index (χ1) is 14.8. The third-order valence-corrected chi connectivity index (χ3v) is 7.36. The predicted octanol–water partition coefficient (Wildman–Crippen LogP) is 4.99. The Hall–Kier alpha value is -2.84. The number of amides is 1. The number of carbonyl (C=O) groups is 1. The van der Waals surface area contributed by atoms with E-state index in [0.29, 0.717) is 23.7 Å². The molecule has 1 amide bonds. The van der Waals surface area contributed by atoms with E-state index in [9.17, 15) is 13.2 Å². The van der Waals surface area contributed by atoms with E-state index >= 15 is 0 Å². The molecule has 0 bridgehead atoms. The molecular formula is C23H23BrN2O4S. The van der Waals surface area contributed by atoms with Gasteiger partial charge in [-0.25, -0.2) is 8.42 Å². The van der Waals surface area contributed by atoms with Gasteiger partial charge in [0.1, 0.15) is 5.75 Å². The van der Waals surface area contributed by atoms with Gasteiger partial charge >= 0.3 is 0 Å². The second kappa shape index (κ2) is 9.98. The molecule has 0 atom stereocenters. The van der Waals surface area contributed by atoms with Crippen LogP contribution in [0.3, 0.4) is 0 Å². The van der Waals surface area contributed by atoms with E-state index in [1.165, 1.54) is 16.4 Å². The fourth-order valence-electron chi connectivity index (χ4n) is 2.98. The fraction of sp³-hybridized carbons (Fsp3) is 0.174. The van der Waals surface area contributed by atoms with E-state index in [1.807, 2.05) is 25.1 Å². The van der Waals surface area contributed by atoms with Crippen molar-refractivity contribution in [3.63, 3.8) is 0 Å². The van der Waals surface area contributed by atoms with Crippen LogP contribution >= 0.6 is 15.9 Å². The molecule has 8 heteroatoms. The molecule has 0 saturated carbocycles. The Morgan fingerprint density at radius 2 is 1.71 bits per heavy atom. The third kappa shape index (κ3) is 5.65. The van der Waals surface area contributed by atoms with Gasteiger partial charge in [-0.15, -0.1) is 0 Å². The van der Waals surface area contributed by atoms with Crippen LogP contribution in [-0.2, 0) is 14.8 Å². The standard InChI is InChI=1S/C23H23BrN2O4S/c1-3-26(19-7-5-4-6-8-19)31(28,29)21-12-9-18(10-13-21)25-23(27)16-30-20-11-14-22(24)17(2)15-20/h4-15H,3,16H2,1-2H3,(H,25,27). The lowest BCUT2D eigenvalue weighted by Crippen LogP contribution is -2.30. The van der Waals surface area contributed by atoms with Crippen LogP contribution in [0.2, 0.25) is 0 Å². The summed E-state index contributed by atoms with van der Waals surface area (Å²) in [6.07, 6.45) is 0. The average molecular weight is 503 g/mol. The molecule has 0 spiro atoms. The van der Waals surface area contributed by atoms with Crippen molar-refractivity contribution in [1.82, 2.24) is 0 Å². The van der Waals surface area contributed by atoms with Gasteiger partial charge < -0.3 is 10.1 Å². The van der Waals surface area contributed by atoms with Gasteiger partial charge in [-0.05, 0) is 74.0 Å². The number of hydrogen-bond donors (Lipinski definition) is 1. The van der Waals surface area contributed by atoms with Crippen LogP contribution in [0.4, 0.5) is 11.4 Å². The summed E-state index contributed by atoms with van der Waals surface area (Å²) in [6.45, 7) is 3.87. The number of rotatable bonds is 8. The summed E-state index contributed by atoms with van der Waals surface area (Å²) in [6, 6.07) is 20.5. The summed E-state index contributed by atoms with van der Waals surface area (Å²) in [5.74, 6) is 0.258. The molecule has 0 radical (unpaired) electrons. The van der Waals surface area contributed by atoms with Crippen molar-refractivity contribution in [3.05, 3.63) is 82.8 Å². The number of aryl methyl sites for hydroxylation is 1. The number of anilines is 2. The lowest BCUT2D eigenvalue weighted by molar-refractivity contribution is -0.118. The molecule has 0 unspecified atom stereocenters. The maximum absolute atomic E-state index is 13.0. The molecule has 0 saturated heterocycles. The van der Waals surface area contributed by atoms with Crippen molar-refractivity contribution in [2.45, 2.75) is 18.7 Å². The van der Waals surface area contributed by atoms with Crippen LogP contribution < -0.4 is 14.4 Å². The third-order valence-electron chi connectivity index (χ3n) is 4.56. The summed E-state index contributed by atoms with van der Waals surface area (Å²) in [4.78, 5) is 12.3. The van der Waals surface area contributed by atoms with E-state index in [4.69, 9.17) is 4.74 Å². The smallest absolute Gasteiger partial charge is 0.264 e. The molecule has 31 heavy (non-hydrogen) atoms. The second-order valence-corrected chi connectivity index (χ2v) is 9.49. The van der Waals surface area contributed by atoms with E-state index in [2.05, 4.69) is 21.2 Å². The second-order valence-electron chi connectivity index (χ2n) is 6.78. The van der Waals surface area contributed by atoms with Crippen LogP contribution in [0, 0.1) is 6.92 Å². The van der Waals surface area contributed by atoms with Gasteiger partial charge in [-0.3, -0.25) is 9.10 Å². The lowest BCUT2D eigenvalue weighted by atomic mass is 10.2. The molecule has 3 rings (SSSR count). The molecule has 0 aliphatic heterocycles. The molecule has 0 aliphatic rings. The van der Waals surface area contributed by atoms with Gasteiger partial charge in [0.2, 0.25) is 0 Å². The largest absolute Gasteiger partial charge is 0.484 e. The zero-order valence-electron chi connectivity index (χ0n) is 17.2. The minimum Gasteiger partial charge on any atom is -0.484 e. The number of halogens is 1. The predicted molar refractivity (Wildman–Crippen MR) is 126 cm³/mol. The first-order valence-electron chi connectivity index (χ1n) is 9.68. The first kappa shape index (κ1) is 22.8. The van der Waals surface area contributed by atoms with Crippen LogP contribution in [0.25, 0.3) is 0 Å². The molecular weight excluding hydrogens is 480 g/mol. The number of para-hydroxylation sites is 1. The molecule has 0 aliphatic carbocycles. The monoisotopic (exact) mass is 502 g/mol. The van der Waals surface area contributed by atoms with Gasteiger partial charge in [0.05, 0.1) is 10.6 Å². The van der Waals surface area contributed by atoms with Crippen LogP contribution in [0.1, 0.15) is 12.5 Å². The van der Waals surface area contributed by atoms with Crippen molar-refractivity contribution in [2.75, 3.05) is 22.8 Å². The molecule has 0 aromatic heterocycles. The highest BCUT2D eigenvalue weighted by atomic mass is 79.9. The molecule has 3 aromatic carbocycles.